The first-order valence-electron chi connectivity index (χ1n) is 6.25. The Kier molecular flexibility index (Phi) is 2.88. The van der Waals surface area contributed by atoms with E-state index < -0.39 is 0 Å². The number of aryl methyl sites for hydroxylation is 1. The van der Waals surface area contributed by atoms with Gasteiger partial charge in [-0.05, 0) is 17.5 Å². The molecule has 0 amide bonds. The molecule has 0 fully saturated rings. The fraction of sp³-hybridized carbons (Fsp3) is 0.125. The predicted octanol–water partition coefficient (Wildman–Crippen LogP) is 3.62. The minimum absolute atomic E-state index is 0.01000. The van der Waals surface area contributed by atoms with Crippen molar-refractivity contribution in [3.63, 3.8) is 0 Å². The molecule has 3 rings (SSSR count). The number of furan rings is 1. The highest BCUT2D eigenvalue weighted by Crippen LogP contribution is 2.22. The van der Waals surface area contributed by atoms with E-state index in [0.29, 0.717) is 17.5 Å². The van der Waals surface area contributed by atoms with Crippen LogP contribution in [0.15, 0.2) is 53.4 Å². The summed E-state index contributed by atoms with van der Waals surface area (Å²) in [5.74, 6) is 0.718. The van der Waals surface area contributed by atoms with Gasteiger partial charge in [0.05, 0.1) is 11.8 Å². The molecule has 0 saturated heterocycles. The monoisotopic (exact) mass is 251 g/mol. The van der Waals surface area contributed by atoms with Crippen molar-refractivity contribution in [3.05, 3.63) is 65.9 Å². The molecule has 1 aromatic carbocycles. The van der Waals surface area contributed by atoms with Gasteiger partial charge in [0.15, 0.2) is 5.78 Å². The van der Waals surface area contributed by atoms with E-state index in [1.54, 1.807) is 24.7 Å². The van der Waals surface area contributed by atoms with Gasteiger partial charge in [0.1, 0.15) is 5.76 Å². The minimum atomic E-state index is -0.01000. The lowest BCUT2D eigenvalue weighted by Gasteiger charge is -2.05. The molecule has 0 spiro atoms. The summed E-state index contributed by atoms with van der Waals surface area (Å²) in [5.41, 5.74) is 1.31. The Bertz CT molecular complexity index is 738. The highest BCUT2D eigenvalue weighted by atomic mass is 16.3. The van der Waals surface area contributed by atoms with Gasteiger partial charge in [-0.15, -0.1) is 0 Å². The van der Waals surface area contributed by atoms with Crippen LogP contribution < -0.4 is 0 Å². The molecule has 0 aliphatic rings. The van der Waals surface area contributed by atoms with Crippen molar-refractivity contribution in [2.75, 3.05) is 0 Å². The summed E-state index contributed by atoms with van der Waals surface area (Å²) in [6.45, 7) is 1.97. The quantitative estimate of drug-likeness (QED) is 0.668. The standard InChI is InChI=1S/C16H13NO2/c1-2-15-13(7-9-19-15)16(18)12-5-3-4-11-6-8-17-10-14(11)12/h3-10H,2H2,1H3. The minimum Gasteiger partial charge on any atom is -0.469 e. The first-order valence-corrected chi connectivity index (χ1v) is 6.25. The van der Waals surface area contributed by atoms with E-state index in [1.165, 1.54) is 0 Å². The highest BCUT2D eigenvalue weighted by molar-refractivity contribution is 6.16. The van der Waals surface area contributed by atoms with Gasteiger partial charge >= 0.3 is 0 Å². The number of aromatic nitrogens is 1. The Morgan fingerprint density at radius 3 is 2.95 bits per heavy atom. The van der Waals surface area contributed by atoms with Gasteiger partial charge in [-0.3, -0.25) is 9.78 Å². The summed E-state index contributed by atoms with van der Waals surface area (Å²) in [5, 5.41) is 1.89. The Morgan fingerprint density at radius 2 is 2.11 bits per heavy atom. The molecule has 0 aliphatic heterocycles. The number of benzene rings is 1. The van der Waals surface area contributed by atoms with Gasteiger partial charge in [-0.1, -0.05) is 25.1 Å². The summed E-state index contributed by atoms with van der Waals surface area (Å²) in [6, 6.07) is 9.34. The summed E-state index contributed by atoms with van der Waals surface area (Å²) < 4.78 is 5.33. The lowest BCUT2D eigenvalue weighted by atomic mass is 9.98. The zero-order chi connectivity index (χ0) is 13.2. The summed E-state index contributed by atoms with van der Waals surface area (Å²) in [7, 11) is 0. The van der Waals surface area contributed by atoms with E-state index in [-0.39, 0.29) is 5.78 Å². The number of rotatable bonds is 3. The van der Waals surface area contributed by atoms with Crippen LogP contribution in [0.3, 0.4) is 0 Å². The second kappa shape index (κ2) is 4.69. The van der Waals surface area contributed by atoms with Crippen molar-refractivity contribution in [1.82, 2.24) is 4.98 Å². The molecule has 2 heterocycles. The van der Waals surface area contributed by atoms with Crippen molar-refractivity contribution in [2.24, 2.45) is 0 Å². The van der Waals surface area contributed by atoms with Gasteiger partial charge < -0.3 is 4.42 Å². The first kappa shape index (κ1) is 11.7. The SMILES string of the molecule is CCc1occc1C(=O)c1cccc2ccncc12. The van der Waals surface area contributed by atoms with Crippen LogP contribution in [0.4, 0.5) is 0 Å². The third-order valence-corrected chi connectivity index (χ3v) is 3.24. The molecule has 3 nitrogen and oxygen atoms in total. The van der Waals surface area contributed by atoms with Crippen LogP contribution in [-0.4, -0.2) is 10.8 Å². The Labute approximate surface area is 110 Å². The van der Waals surface area contributed by atoms with Crippen LogP contribution in [0.25, 0.3) is 10.8 Å². The maximum Gasteiger partial charge on any atom is 0.197 e. The fourth-order valence-electron chi connectivity index (χ4n) is 2.27. The maximum atomic E-state index is 12.6. The van der Waals surface area contributed by atoms with E-state index in [2.05, 4.69) is 4.98 Å². The van der Waals surface area contributed by atoms with Gasteiger partial charge in [-0.25, -0.2) is 0 Å². The molecule has 0 radical (unpaired) electrons. The maximum absolute atomic E-state index is 12.6. The van der Waals surface area contributed by atoms with Crippen LogP contribution in [-0.2, 0) is 6.42 Å². The lowest BCUT2D eigenvalue weighted by Crippen LogP contribution is -2.03. The van der Waals surface area contributed by atoms with E-state index in [0.717, 1.165) is 16.5 Å². The molecule has 2 aromatic heterocycles. The third kappa shape index (κ3) is 1.93. The van der Waals surface area contributed by atoms with E-state index in [9.17, 15) is 4.79 Å². The van der Waals surface area contributed by atoms with Crippen LogP contribution >= 0.6 is 0 Å². The lowest BCUT2D eigenvalue weighted by molar-refractivity contribution is 0.103. The smallest absolute Gasteiger partial charge is 0.197 e. The Morgan fingerprint density at radius 1 is 1.21 bits per heavy atom. The number of ketones is 1. The number of pyridine rings is 1. The summed E-state index contributed by atoms with van der Waals surface area (Å²) in [4.78, 5) is 16.7. The van der Waals surface area contributed by atoms with Gasteiger partial charge in [0.25, 0.3) is 0 Å². The van der Waals surface area contributed by atoms with Crippen molar-refractivity contribution < 1.29 is 9.21 Å². The topological polar surface area (TPSA) is 43.1 Å². The molecule has 0 saturated carbocycles. The van der Waals surface area contributed by atoms with Crippen LogP contribution in [0.1, 0.15) is 28.6 Å². The zero-order valence-corrected chi connectivity index (χ0v) is 10.6. The first-order chi connectivity index (χ1) is 9.31. The van der Waals surface area contributed by atoms with Gasteiger partial charge in [-0.2, -0.15) is 0 Å². The molecule has 19 heavy (non-hydrogen) atoms. The van der Waals surface area contributed by atoms with Crippen LogP contribution in [0, 0.1) is 0 Å². The van der Waals surface area contributed by atoms with Gasteiger partial charge in [0.2, 0.25) is 0 Å². The molecule has 0 aliphatic carbocycles. The van der Waals surface area contributed by atoms with E-state index in [1.807, 2.05) is 31.2 Å². The number of carbonyl (C=O) groups is 1. The number of carbonyl (C=O) groups excluding carboxylic acids is 1. The second-order valence-corrected chi connectivity index (χ2v) is 4.34. The largest absolute Gasteiger partial charge is 0.469 e. The Hall–Kier alpha value is -2.42. The molecule has 3 heteroatoms. The van der Waals surface area contributed by atoms with Crippen molar-refractivity contribution in [3.8, 4) is 0 Å². The Balaban J connectivity index is 2.17. The molecule has 0 unspecified atom stereocenters. The molecule has 0 bridgehead atoms. The van der Waals surface area contributed by atoms with Crippen molar-refractivity contribution in [2.45, 2.75) is 13.3 Å². The molecule has 0 atom stereocenters. The molecular formula is C16H13NO2. The molecule has 0 N–H and O–H groups in total. The molecule has 94 valence electrons. The summed E-state index contributed by atoms with van der Waals surface area (Å²) >= 11 is 0. The van der Waals surface area contributed by atoms with Gasteiger partial charge in [0, 0.05) is 29.8 Å². The average Bonchev–Trinajstić information content (AvgIpc) is 2.94. The van der Waals surface area contributed by atoms with E-state index in [4.69, 9.17) is 4.42 Å². The molecule has 3 aromatic rings. The zero-order valence-electron chi connectivity index (χ0n) is 10.6. The fourth-order valence-corrected chi connectivity index (χ4v) is 2.27. The number of nitrogens with zero attached hydrogens (tertiary/aromatic N) is 1. The number of hydrogen-bond donors (Lipinski definition) is 0. The highest BCUT2D eigenvalue weighted by Gasteiger charge is 2.17. The van der Waals surface area contributed by atoms with E-state index >= 15 is 0 Å². The molecular weight excluding hydrogens is 238 g/mol. The third-order valence-electron chi connectivity index (χ3n) is 3.24. The van der Waals surface area contributed by atoms with Crippen molar-refractivity contribution >= 4 is 16.6 Å². The predicted molar refractivity (Wildman–Crippen MR) is 73.3 cm³/mol. The second-order valence-electron chi connectivity index (χ2n) is 4.34. The average molecular weight is 251 g/mol. The normalized spacial score (nSPS) is 10.8. The number of hydrogen-bond acceptors (Lipinski definition) is 3. The summed E-state index contributed by atoms with van der Waals surface area (Å²) in [6.07, 6.45) is 5.73. The number of fused-ring (bicyclic) bond motifs is 1. The van der Waals surface area contributed by atoms with Crippen LogP contribution in [0.2, 0.25) is 0 Å². The van der Waals surface area contributed by atoms with Crippen LogP contribution in [0.5, 0.6) is 0 Å². The van der Waals surface area contributed by atoms with Crippen molar-refractivity contribution in [1.29, 1.82) is 0 Å².